The van der Waals surface area contributed by atoms with Crippen LogP contribution in [0, 0.1) is 0 Å². The number of aromatic amines is 1. The van der Waals surface area contributed by atoms with Gasteiger partial charge in [-0.05, 0) is 36.2 Å². The predicted molar refractivity (Wildman–Crippen MR) is 95.2 cm³/mol. The van der Waals surface area contributed by atoms with Gasteiger partial charge in [0.1, 0.15) is 0 Å². The van der Waals surface area contributed by atoms with Crippen molar-refractivity contribution in [1.29, 1.82) is 0 Å². The fraction of sp³-hybridized carbons (Fsp3) is 0.158. The Balaban J connectivity index is 1.74. The minimum Gasteiger partial charge on any atom is -0.478 e. The minimum absolute atomic E-state index is 0.0434. The third-order valence-corrected chi connectivity index (χ3v) is 4.06. The maximum Gasteiger partial charge on any atom is 0.337 e. The van der Waals surface area contributed by atoms with E-state index in [0.29, 0.717) is 12.2 Å². The number of anilines is 1. The number of nitrogens with one attached hydrogen (secondary N) is 2. The van der Waals surface area contributed by atoms with Gasteiger partial charge in [0.05, 0.1) is 18.2 Å². The van der Waals surface area contributed by atoms with E-state index in [1.54, 1.807) is 12.1 Å². The molecule has 0 fully saturated rings. The molecule has 0 atom stereocenters. The van der Waals surface area contributed by atoms with Crippen molar-refractivity contribution in [2.45, 2.75) is 6.42 Å². The Morgan fingerprint density at radius 3 is 2.76 bits per heavy atom. The zero-order chi connectivity index (χ0) is 17.8. The standard InChI is InChI=1S/C19H18N2O4/c1-25-19(24)12-6-7-17(15(10-12)18(22)23)20-9-8-13-11-21-16-5-3-2-4-14(13)16/h2-7,10-11,20-21H,8-9H2,1H3,(H,22,23). The van der Waals surface area contributed by atoms with Crippen molar-refractivity contribution in [3.8, 4) is 0 Å². The Labute approximate surface area is 144 Å². The Morgan fingerprint density at radius 2 is 2.00 bits per heavy atom. The number of hydrogen-bond acceptors (Lipinski definition) is 4. The molecule has 0 aliphatic rings. The van der Waals surface area contributed by atoms with Crippen LogP contribution in [0.1, 0.15) is 26.3 Å². The summed E-state index contributed by atoms with van der Waals surface area (Å²) in [4.78, 5) is 26.2. The molecule has 0 radical (unpaired) electrons. The molecule has 3 aromatic rings. The summed E-state index contributed by atoms with van der Waals surface area (Å²) >= 11 is 0. The smallest absolute Gasteiger partial charge is 0.337 e. The molecule has 3 rings (SSSR count). The zero-order valence-electron chi connectivity index (χ0n) is 13.7. The van der Waals surface area contributed by atoms with E-state index in [-0.39, 0.29) is 11.1 Å². The summed E-state index contributed by atoms with van der Waals surface area (Å²) in [5.74, 6) is -1.66. The molecule has 6 nitrogen and oxygen atoms in total. The predicted octanol–water partition coefficient (Wildman–Crippen LogP) is 3.31. The van der Waals surface area contributed by atoms with Crippen LogP contribution in [0.3, 0.4) is 0 Å². The summed E-state index contributed by atoms with van der Waals surface area (Å²) in [5.41, 5.74) is 2.96. The first-order valence-corrected chi connectivity index (χ1v) is 7.84. The number of methoxy groups -OCH3 is 1. The number of carboxylic acids is 1. The van der Waals surface area contributed by atoms with Gasteiger partial charge in [-0.15, -0.1) is 0 Å². The minimum atomic E-state index is -1.10. The normalized spacial score (nSPS) is 10.6. The van der Waals surface area contributed by atoms with Crippen molar-refractivity contribution >= 4 is 28.5 Å². The molecule has 0 spiro atoms. The lowest BCUT2D eigenvalue weighted by Crippen LogP contribution is -2.11. The number of fused-ring (bicyclic) bond motifs is 1. The van der Waals surface area contributed by atoms with Crippen LogP contribution >= 0.6 is 0 Å². The van der Waals surface area contributed by atoms with E-state index < -0.39 is 11.9 Å². The highest BCUT2D eigenvalue weighted by Gasteiger charge is 2.14. The fourth-order valence-electron chi connectivity index (χ4n) is 2.79. The van der Waals surface area contributed by atoms with Gasteiger partial charge >= 0.3 is 11.9 Å². The monoisotopic (exact) mass is 338 g/mol. The maximum absolute atomic E-state index is 11.6. The third-order valence-electron chi connectivity index (χ3n) is 4.06. The number of H-pyrrole nitrogens is 1. The topological polar surface area (TPSA) is 91.4 Å². The molecule has 1 aromatic heterocycles. The molecule has 25 heavy (non-hydrogen) atoms. The van der Waals surface area contributed by atoms with Gasteiger partial charge in [0.15, 0.2) is 0 Å². The van der Waals surface area contributed by atoms with Gasteiger partial charge in [-0.25, -0.2) is 9.59 Å². The quantitative estimate of drug-likeness (QED) is 0.600. The lowest BCUT2D eigenvalue weighted by atomic mass is 10.1. The summed E-state index contributed by atoms with van der Waals surface area (Å²) < 4.78 is 4.63. The van der Waals surface area contributed by atoms with Crippen LogP contribution in [0.25, 0.3) is 10.9 Å². The molecule has 1 heterocycles. The number of carbonyl (C=O) groups excluding carboxylic acids is 1. The van der Waals surface area contributed by atoms with Crippen molar-refractivity contribution < 1.29 is 19.4 Å². The summed E-state index contributed by atoms with van der Waals surface area (Å²) in [5, 5.41) is 13.7. The van der Waals surface area contributed by atoms with Crippen LogP contribution < -0.4 is 5.32 Å². The van der Waals surface area contributed by atoms with Gasteiger partial charge < -0.3 is 20.1 Å². The summed E-state index contributed by atoms with van der Waals surface area (Å²) in [6, 6.07) is 12.5. The maximum atomic E-state index is 11.6. The Hall–Kier alpha value is -3.28. The molecular formula is C19H18N2O4. The first-order chi connectivity index (χ1) is 12.1. The molecule has 2 aromatic carbocycles. The van der Waals surface area contributed by atoms with E-state index in [9.17, 15) is 14.7 Å². The number of hydrogen-bond donors (Lipinski definition) is 3. The highest BCUT2D eigenvalue weighted by atomic mass is 16.5. The molecule has 0 aliphatic carbocycles. The van der Waals surface area contributed by atoms with Gasteiger partial charge in [-0.2, -0.15) is 0 Å². The molecule has 0 amide bonds. The van der Waals surface area contributed by atoms with E-state index in [2.05, 4.69) is 21.1 Å². The number of aromatic carboxylic acids is 1. The van der Waals surface area contributed by atoms with Gasteiger partial charge in [-0.3, -0.25) is 0 Å². The average Bonchev–Trinajstić information content (AvgIpc) is 3.04. The molecule has 128 valence electrons. The van der Waals surface area contributed by atoms with E-state index in [1.165, 1.54) is 13.2 Å². The molecule has 0 aliphatic heterocycles. The first-order valence-electron chi connectivity index (χ1n) is 7.84. The summed E-state index contributed by atoms with van der Waals surface area (Å²) in [6.07, 6.45) is 2.70. The second kappa shape index (κ2) is 7.09. The molecule has 3 N–H and O–H groups in total. The Morgan fingerprint density at radius 1 is 1.20 bits per heavy atom. The number of carboxylic acid groups (broad SMARTS) is 1. The first kappa shape index (κ1) is 16.6. The fourth-order valence-corrected chi connectivity index (χ4v) is 2.79. The Kier molecular flexibility index (Phi) is 4.70. The van der Waals surface area contributed by atoms with Crippen molar-refractivity contribution in [1.82, 2.24) is 4.98 Å². The van der Waals surface area contributed by atoms with Crippen molar-refractivity contribution in [3.63, 3.8) is 0 Å². The van der Waals surface area contributed by atoms with Gasteiger partial charge in [0, 0.05) is 29.3 Å². The van der Waals surface area contributed by atoms with Crippen LogP contribution in [0.4, 0.5) is 5.69 Å². The summed E-state index contributed by atoms with van der Waals surface area (Å²) in [7, 11) is 1.26. The van der Waals surface area contributed by atoms with Crippen LogP contribution in [0.2, 0.25) is 0 Å². The highest BCUT2D eigenvalue weighted by Crippen LogP contribution is 2.21. The second-order valence-electron chi connectivity index (χ2n) is 5.59. The highest BCUT2D eigenvalue weighted by molar-refractivity contribution is 5.98. The van der Waals surface area contributed by atoms with Crippen LogP contribution in [-0.4, -0.2) is 35.7 Å². The zero-order valence-corrected chi connectivity index (χ0v) is 13.7. The molecule has 6 heteroatoms. The lowest BCUT2D eigenvalue weighted by molar-refractivity contribution is 0.0600. The van der Waals surface area contributed by atoms with Crippen LogP contribution in [-0.2, 0) is 11.2 Å². The Bertz CT molecular complexity index is 930. The van der Waals surface area contributed by atoms with Crippen molar-refractivity contribution in [2.24, 2.45) is 0 Å². The van der Waals surface area contributed by atoms with Gasteiger partial charge in [0.2, 0.25) is 0 Å². The molecule has 0 saturated heterocycles. The molecule has 0 unspecified atom stereocenters. The van der Waals surface area contributed by atoms with E-state index in [4.69, 9.17) is 0 Å². The lowest BCUT2D eigenvalue weighted by Gasteiger charge is -2.10. The number of aromatic nitrogens is 1. The van der Waals surface area contributed by atoms with Crippen LogP contribution in [0.15, 0.2) is 48.7 Å². The number of ether oxygens (including phenoxy) is 1. The van der Waals surface area contributed by atoms with E-state index >= 15 is 0 Å². The molecular weight excluding hydrogens is 320 g/mol. The second-order valence-corrected chi connectivity index (χ2v) is 5.59. The molecule has 0 saturated carbocycles. The number of esters is 1. The average molecular weight is 338 g/mol. The SMILES string of the molecule is COC(=O)c1ccc(NCCc2c[nH]c3ccccc23)c(C(=O)O)c1. The van der Waals surface area contributed by atoms with Crippen molar-refractivity contribution in [3.05, 3.63) is 65.4 Å². The number of rotatable bonds is 6. The summed E-state index contributed by atoms with van der Waals surface area (Å²) in [6.45, 7) is 0.569. The molecule has 0 bridgehead atoms. The third kappa shape index (κ3) is 3.47. The van der Waals surface area contributed by atoms with Gasteiger partial charge in [0.25, 0.3) is 0 Å². The van der Waals surface area contributed by atoms with Crippen molar-refractivity contribution in [2.75, 3.05) is 19.0 Å². The largest absolute Gasteiger partial charge is 0.478 e. The number of benzene rings is 2. The number of para-hydroxylation sites is 1. The number of carbonyl (C=O) groups is 2. The van der Waals surface area contributed by atoms with Crippen LogP contribution in [0.5, 0.6) is 0 Å². The van der Waals surface area contributed by atoms with Gasteiger partial charge in [-0.1, -0.05) is 18.2 Å². The van der Waals surface area contributed by atoms with E-state index in [0.717, 1.165) is 22.9 Å². The van der Waals surface area contributed by atoms with E-state index in [1.807, 2.05) is 24.4 Å².